The number of carbonyl (C=O) groups is 1. The van der Waals surface area contributed by atoms with Gasteiger partial charge in [-0.05, 0) is 25.7 Å². The molecule has 112 valence electrons. The van der Waals surface area contributed by atoms with Crippen molar-refractivity contribution >= 4 is 16.0 Å². The Hall–Kier alpha value is -1.38. The summed E-state index contributed by atoms with van der Waals surface area (Å²) in [5.41, 5.74) is 0. The van der Waals surface area contributed by atoms with Crippen LogP contribution in [0.4, 0.5) is 0 Å². The zero-order chi connectivity index (χ0) is 14.8. The van der Waals surface area contributed by atoms with Gasteiger partial charge in [0.2, 0.25) is 15.8 Å². The molecular weight excluding hydrogens is 286 g/mol. The first-order valence-electron chi connectivity index (χ1n) is 6.31. The fourth-order valence-electron chi connectivity index (χ4n) is 2.12. The zero-order valence-corrected chi connectivity index (χ0v) is 11.9. The van der Waals surface area contributed by atoms with Crippen LogP contribution in [0, 0.1) is 12.8 Å². The van der Waals surface area contributed by atoms with Gasteiger partial charge in [0, 0.05) is 25.8 Å². The average molecular weight is 303 g/mol. The maximum Gasteiger partial charge on any atom is 0.371 e. The molecule has 0 bridgehead atoms. The second kappa shape index (κ2) is 5.94. The number of ether oxygens (including phenoxy) is 1. The van der Waals surface area contributed by atoms with Gasteiger partial charge in [-0.1, -0.05) is 0 Å². The van der Waals surface area contributed by atoms with Crippen LogP contribution in [0.3, 0.4) is 0 Å². The SMILES string of the molecule is Cc1oc(C(=O)O)cc1S(=O)(=O)NCCC1CCOC1. The van der Waals surface area contributed by atoms with Crippen molar-refractivity contribution in [3.63, 3.8) is 0 Å². The second-order valence-electron chi connectivity index (χ2n) is 4.75. The lowest BCUT2D eigenvalue weighted by Crippen LogP contribution is -2.26. The van der Waals surface area contributed by atoms with Gasteiger partial charge < -0.3 is 14.3 Å². The number of carboxylic acids is 1. The van der Waals surface area contributed by atoms with Crippen LogP contribution in [0.5, 0.6) is 0 Å². The average Bonchev–Trinajstić information content (AvgIpc) is 2.98. The van der Waals surface area contributed by atoms with Crippen LogP contribution in [0.25, 0.3) is 0 Å². The Bertz CT molecular complexity index is 585. The molecule has 1 aliphatic rings. The van der Waals surface area contributed by atoms with E-state index in [0.29, 0.717) is 25.5 Å². The third-order valence-corrected chi connectivity index (χ3v) is 4.81. The Morgan fingerprint density at radius 3 is 2.85 bits per heavy atom. The van der Waals surface area contributed by atoms with E-state index in [-0.39, 0.29) is 16.4 Å². The summed E-state index contributed by atoms with van der Waals surface area (Å²) in [6.45, 7) is 3.10. The highest BCUT2D eigenvalue weighted by Gasteiger charge is 2.24. The Morgan fingerprint density at radius 2 is 2.30 bits per heavy atom. The fraction of sp³-hybridized carbons (Fsp3) is 0.583. The molecule has 1 unspecified atom stereocenters. The van der Waals surface area contributed by atoms with E-state index in [4.69, 9.17) is 14.3 Å². The van der Waals surface area contributed by atoms with E-state index in [9.17, 15) is 13.2 Å². The summed E-state index contributed by atoms with van der Waals surface area (Å²) < 4.78 is 36.7. The van der Waals surface area contributed by atoms with Crippen LogP contribution in [-0.4, -0.2) is 39.3 Å². The molecule has 2 heterocycles. The molecule has 7 nitrogen and oxygen atoms in total. The minimum atomic E-state index is -3.74. The van der Waals surface area contributed by atoms with E-state index in [1.165, 1.54) is 6.92 Å². The summed E-state index contributed by atoms with van der Waals surface area (Å²) in [6.07, 6.45) is 1.64. The number of hydrogen-bond acceptors (Lipinski definition) is 5. The summed E-state index contributed by atoms with van der Waals surface area (Å²) in [5, 5.41) is 8.79. The monoisotopic (exact) mass is 303 g/mol. The Kier molecular flexibility index (Phi) is 4.46. The van der Waals surface area contributed by atoms with Crippen LogP contribution in [0.15, 0.2) is 15.4 Å². The normalized spacial score (nSPS) is 19.4. The molecule has 1 aliphatic heterocycles. The van der Waals surface area contributed by atoms with Crippen LogP contribution >= 0.6 is 0 Å². The molecule has 1 aromatic rings. The van der Waals surface area contributed by atoms with Crippen LogP contribution in [0.1, 0.15) is 29.2 Å². The van der Waals surface area contributed by atoms with Gasteiger partial charge in [-0.25, -0.2) is 17.9 Å². The van der Waals surface area contributed by atoms with Crippen molar-refractivity contribution in [1.29, 1.82) is 0 Å². The van der Waals surface area contributed by atoms with Crippen molar-refractivity contribution in [2.24, 2.45) is 5.92 Å². The number of hydrogen-bond donors (Lipinski definition) is 2. The van der Waals surface area contributed by atoms with E-state index in [2.05, 4.69) is 4.72 Å². The predicted octanol–water partition coefficient (Wildman–Crippen LogP) is 0.991. The van der Waals surface area contributed by atoms with Crippen LogP contribution < -0.4 is 4.72 Å². The summed E-state index contributed by atoms with van der Waals surface area (Å²) >= 11 is 0. The lowest BCUT2D eigenvalue weighted by atomic mass is 10.1. The van der Waals surface area contributed by atoms with Crippen molar-refractivity contribution in [1.82, 2.24) is 4.72 Å². The number of furan rings is 1. The van der Waals surface area contributed by atoms with Crippen LogP contribution in [-0.2, 0) is 14.8 Å². The Labute approximate surface area is 117 Å². The first-order valence-corrected chi connectivity index (χ1v) is 7.79. The molecule has 1 saturated heterocycles. The molecule has 0 aromatic carbocycles. The quantitative estimate of drug-likeness (QED) is 0.812. The number of nitrogens with one attached hydrogen (secondary N) is 1. The molecule has 8 heteroatoms. The zero-order valence-electron chi connectivity index (χ0n) is 11.1. The van der Waals surface area contributed by atoms with Crippen molar-refractivity contribution < 1.29 is 27.5 Å². The summed E-state index contributed by atoms with van der Waals surface area (Å²) in [4.78, 5) is 10.6. The van der Waals surface area contributed by atoms with Gasteiger partial charge in [-0.15, -0.1) is 0 Å². The predicted molar refractivity (Wildman–Crippen MR) is 69.1 cm³/mol. The third-order valence-electron chi connectivity index (χ3n) is 3.24. The van der Waals surface area contributed by atoms with Crippen molar-refractivity contribution in [2.75, 3.05) is 19.8 Å². The molecule has 0 radical (unpaired) electrons. The molecule has 0 spiro atoms. The van der Waals surface area contributed by atoms with Gasteiger partial charge in [0.15, 0.2) is 0 Å². The number of aromatic carboxylic acids is 1. The van der Waals surface area contributed by atoms with Gasteiger partial charge in [0.1, 0.15) is 10.7 Å². The first kappa shape index (κ1) is 15.0. The molecule has 1 aromatic heterocycles. The van der Waals surface area contributed by atoms with Crippen molar-refractivity contribution in [3.8, 4) is 0 Å². The van der Waals surface area contributed by atoms with Crippen LogP contribution in [0.2, 0.25) is 0 Å². The Morgan fingerprint density at radius 1 is 1.55 bits per heavy atom. The highest BCUT2D eigenvalue weighted by atomic mass is 32.2. The molecule has 2 rings (SSSR count). The first-order chi connectivity index (χ1) is 9.40. The third kappa shape index (κ3) is 3.38. The minimum absolute atomic E-state index is 0.0686. The highest BCUT2D eigenvalue weighted by molar-refractivity contribution is 7.89. The van der Waals surface area contributed by atoms with Crippen molar-refractivity contribution in [2.45, 2.75) is 24.7 Å². The van der Waals surface area contributed by atoms with Gasteiger partial charge in [-0.3, -0.25) is 0 Å². The smallest absolute Gasteiger partial charge is 0.371 e. The van der Waals surface area contributed by atoms with Gasteiger partial charge >= 0.3 is 5.97 Å². The number of sulfonamides is 1. The Balaban J connectivity index is 2.00. The molecular formula is C12H17NO6S. The fourth-order valence-corrected chi connectivity index (χ4v) is 3.35. The molecule has 2 N–H and O–H groups in total. The molecule has 1 fully saturated rings. The standard InChI is InChI=1S/C12H17NO6S/c1-8-11(6-10(19-8)12(14)15)20(16,17)13-4-2-9-3-5-18-7-9/h6,9,13H,2-5,7H2,1H3,(H,14,15). The largest absolute Gasteiger partial charge is 0.475 e. The molecule has 0 amide bonds. The second-order valence-corrected chi connectivity index (χ2v) is 6.49. The number of carboxylic acid groups (broad SMARTS) is 1. The maximum atomic E-state index is 12.1. The van der Waals surface area contributed by atoms with E-state index in [1.807, 2.05) is 0 Å². The lowest BCUT2D eigenvalue weighted by Gasteiger charge is -2.08. The lowest BCUT2D eigenvalue weighted by molar-refractivity contribution is 0.0661. The summed E-state index contributed by atoms with van der Waals surface area (Å²) in [5.74, 6) is -1.23. The summed E-state index contributed by atoms with van der Waals surface area (Å²) in [6, 6.07) is 1.03. The molecule has 0 saturated carbocycles. The van der Waals surface area contributed by atoms with Gasteiger partial charge in [0.25, 0.3) is 0 Å². The highest BCUT2D eigenvalue weighted by Crippen LogP contribution is 2.20. The minimum Gasteiger partial charge on any atom is -0.475 e. The molecule has 0 aliphatic carbocycles. The topological polar surface area (TPSA) is 106 Å². The van der Waals surface area contributed by atoms with E-state index in [0.717, 1.165) is 19.1 Å². The summed E-state index contributed by atoms with van der Waals surface area (Å²) in [7, 11) is -3.74. The molecule has 1 atom stereocenters. The van der Waals surface area contributed by atoms with E-state index in [1.54, 1.807) is 0 Å². The number of rotatable bonds is 6. The van der Waals surface area contributed by atoms with E-state index < -0.39 is 16.0 Å². The van der Waals surface area contributed by atoms with Gasteiger partial charge in [0.05, 0.1) is 0 Å². The van der Waals surface area contributed by atoms with Crippen molar-refractivity contribution in [3.05, 3.63) is 17.6 Å². The van der Waals surface area contributed by atoms with Gasteiger partial charge in [-0.2, -0.15) is 0 Å². The molecule has 20 heavy (non-hydrogen) atoms. The van der Waals surface area contributed by atoms with E-state index >= 15 is 0 Å². The maximum absolute atomic E-state index is 12.1. The number of aryl methyl sites for hydroxylation is 1.